The van der Waals surface area contributed by atoms with Crippen molar-refractivity contribution < 1.29 is 9.18 Å². The van der Waals surface area contributed by atoms with Crippen molar-refractivity contribution in [2.24, 2.45) is 5.92 Å². The molecule has 0 aromatic carbocycles. The molecule has 4 aromatic heterocycles. The van der Waals surface area contributed by atoms with Gasteiger partial charge in [0.05, 0.1) is 11.4 Å². The number of nitrogens with zero attached hydrogens (tertiary/aromatic N) is 3. The fourth-order valence-corrected chi connectivity index (χ4v) is 4.06. The van der Waals surface area contributed by atoms with Crippen LogP contribution in [0.1, 0.15) is 6.42 Å². The number of halogens is 1. The molecule has 8 heteroatoms. The van der Waals surface area contributed by atoms with Gasteiger partial charge in [-0.1, -0.05) is 0 Å². The Labute approximate surface area is 158 Å². The molecule has 1 aliphatic rings. The predicted octanol–water partition coefficient (Wildman–Crippen LogP) is 3.90. The summed E-state index contributed by atoms with van der Waals surface area (Å²) in [7, 11) is 0. The molecule has 0 aliphatic heterocycles. The number of pyridine rings is 2. The van der Waals surface area contributed by atoms with E-state index in [1.807, 2.05) is 43.0 Å². The number of rotatable bonds is 4. The second kappa shape index (κ2) is 6.09. The molecule has 6 nitrogen and oxygen atoms in total. The molecule has 0 unspecified atom stereocenters. The number of carbonyl (C=O) groups is 1. The Morgan fingerprint density at radius 2 is 2.26 bits per heavy atom. The quantitative estimate of drug-likeness (QED) is 0.526. The van der Waals surface area contributed by atoms with Crippen molar-refractivity contribution in [3.05, 3.63) is 42.9 Å². The molecule has 2 N–H and O–H groups in total. The van der Waals surface area contributed by atoms with Gasteiger partial charge in [0.1, 0.15) is 11.8 Å². The second-order valence-corrected chi connectivity index (χ2v) is 7.42. The van der Waals surface area contributed by atoms with Crippen LogP contribution in [0.5, 0.6) is 0 Å². The highest BCUT2D eigenvalue weighted by Gasteiger charge is 2.43. The molecule has 4 aromatic rings. The van der Waals surface area contributed by atoms with E-state index in [0.717, 1.165) is 32.6 Å². The first-order valence-corrected chi connectivity index (χ1v) is 9.81. The molecule has 1 aliphatic carbocycles. The van der Waals surface area contributed by atoms with Crippen LogP contribution in [-0.2, 0) is 4.79 Å². The number of anilines is 1. The lowest BCUT2D eigenvalue weighted by Crippen LogP contribution is -2.15. The number of nitrogens with one attached hydrogen (secondary N) is 2. The largest absolute Gasteiger partial charge is 0.346 e. The summed E-state index contributed by atoms with van der Waals surface area (Å²) < 4.78 is 14.7. The molecule has 2 atom stereocenters. The van der Waals surface area contributed by atoms with E-state index in [4.69, 9.17) is 0 Å². The number of alkyl halides is 1. The van der Waals surface area contributed by atoms with Crippen molar-refractivity contribution in [1.29, 1.82) is 0 Å². The number of amides is 1. The molecule has 1 amide bonds. The van der Waals surface area contributed by atoms with Crippen LogP contribution in [-0.4, -0.2) is 37.9 Å². The van der Waals surface area contributed by atoms with Crippen molar-refractivity contribution in [3.63, 3.8) is 0 Å². The first kappa shape index (κ1) is 16.3. The van der Waals surface area contributed by atoms with Gasteiger partial charge in [-0.05, 0) is 36.4 Å². The standard InChI is InChI=1S/C19H16FN5OS/c1-27-17-12-2-4-21-18(12)22-9-14(17)10-3-5-25-11(6-10)7-16(24-25)23-19(26)13-8-15(13)20/h2-7,9,13,15H,8H2,1H3,(H,21,22)(H,23,24,26)/t13-,15+/m1/s1. The Balaban J connectivity index is 1.52. The van der Waals surface area contributed by atoms with E-state index in [-0.39, 0.29) is 5.91 Å². The molecular weight excluding hydrogens is 365 g/mol. The highest BCUT2D eigenvalue weighted by atomic mass is 32.2. The maximum absolute atomic E-state index is 13.0. The molecule has 27 heavy (non-hydrogen) atoms. The number of carbonyl (C=O) groups excluding carboxylic acids is 1. The lowest BCUT2D eigenvalue weighted by Gasteiger charge is -2.09. The predicted molar refractivity (Wildman–Crippen MR) is 104 cm³/mol. The van der Waals surface area contributed by atoms with Gasteiger partial charge < -0.3 is 10.3 Å². The van der Waals surface area contributed by atoms with Crippen LogP contribution in [0.2, 0.25) is 0 Å². The summed E-state index contributed by atoms with van der Waals surface area (Å²) in [5.41, 5.74) is 3.77. The molecular formula is C19H16FN5OS. The van der Waals surface area contributed by atoms with Crippen molar-refractivity contribution in [1.82, 2.24) is 19.6 Å². The third-order valence-electron chi connectivity index (χ3n) is 4.82. The van der Waals surface area contributed by atoms with Gasteiger partial charge in [-0.3, -0.25) is 4.79 Å². The molecule has 0 spiro atoms. The Morgan fingerprint density at radius 1 is 1.41 bits per heavy atom. The lowest BCUT2D eigenvalue weighted by molar-refractivity contribution is -0.117. The number of thioether (sulfide) groups is 1. The second-order valence-electron chi connectivity index (χ2n) is 6.61. The highest BCUT2D eigenvalue weighted by molar-refractivity contribution is 7.99. The number of aromatic amines is 1. The summed E-state index contributed by atoms with van der Waals surface area (Å²) in [5, 5.41) is 8.13. The van der Waals surface area contributed by atoms with Gasteiger partial charge in [-0.15, -0.1) is 11.8 Å². The number of fused-ring (bicyclic) bond motifs is 2. The van der Waals surface area contributed by atoms with E-state index in [9.17, 15) is 9.18 Å². The minimum Gasteiger partial charge on any atom is -0.346 e. The third kappa shape index (κ3) is 2.76. The van der Waals surface area contributed by atoms with E-state index >= 15 is 0 Å². The van der Waals surface area contributed by atoms with E-state index in [1.54, 1.807) is 22.3 Å². The Hall–Kier alpha value is -2.87. The summed E-state index contributed by atoms with van der Waals surface area (Å²) in [4.78, 5) is 20.7. The fraction of sp³-hybridized carbons (Fsp3) is 0.211. The Kier molecular flexibility index (Phi) is 3.68. The summed E-state index contributed by atoms with van der Waals surface area (Å²) >= 11 is 1.68. The van der Waals surface area contributed by atoms with E-state index in [2.05, 4.69) is 20.4 Å². The molecule has 136 valence electrons. The van der Waals surface area contributed by atoms with Crippen LogP contribution in [0.3, 0.4) is 0 Å². The maximum atomic E-state index is 13.0. The van der Waals surface area contributed by atoms with Gasteiger partial charge in [-0.2, -0.15) is 5.10 Å². The van der Waals surface area contributed by atoms with Crippen molar-refractivity contribution in [2.75, 3.05) is 11.6 Å². The van der Waals surface area contributed by atoms with E-state index in [0.29, 0.717) is 12.2 Å². The molecule has 5 rings (SSSR count). The molecule has 0 radical (unpaired) electrons. The van der Waals surface area contributed by atoms with E-state index < -0.39 is 12.1 Å². The van der Waals surface area contributed by atoms with Gasteiger partial charge in [-0.25, -0.2) is 13.9 Å². The lowest BCUT2D eigenvalue weighted by atomic mass is 10.1. The van der Waals surface area contributed by atoms with Gasteiger partial charge in [0, 0.05) is 40.5 Å². The van der Waals surface area contributed by atoms with Gasteiger partial charge in [0.15, 0.2) is 5.82 Å². The maximum Gasteiger partial charge on any atom is 0.231 e. The summed E-state index contributed by atoms with van der Waals surface area (Å²) in [6.07, 6.45) is 6.93. The van der Waals surface area contributed by atoms with Gasteiger partial charge in [0.25, 0.3) is 0 Å². The van der Waals surface area contributed by atoms with Crippen molar-refractivity contribution in [3.8, 4) is 11.1 Å². The van der Waals surface area contributed by atoms with Crippen LogP contribution in [0.4, 0.5) is 10.2 Å². The normalized spacial score (nSPS) is 18.9. The fourth-order valence-electron chi connectivity index (χ4n) is 3.29. The zero-order valence-corrected chi connectivity index (χ0v) is 15.3. The van der Waals surface area contributed by atoms with Crippen molar-refractivity contribution in [2.45, 2.75) is 17.5 Å². The highest BCUT2D eigenvalue weighted by Crippen LogP contribution is 2.36. The smallest absolute Gasteiger partial charge is 0.231 e. The van der Waals surface area contributed by atoms with Gasteiger partial charge in [0.2, 0.25) is 5.91 Å². The first-order valence-electron chi connectivity index (χ1n) is 8.59. The number of aromatic nitrogens is 4. The third-order valence-corrected chi connectivity index (χ3v) is 5.66. The topological polar surface area (TPSA) is 75.1 Å². The molecule has 1 saturated carbocycles. The Morgan fingerprint density at radius 3 is 3.04 bits per heavy atom. The monoisotopic (exact) mass is 381 g/mol. The average Bonchev–Trinajstić information content (AvgIpc) is 3.07. The summed E-state index contributed by atoms with van der Waals surface area (Å²) in [5.74, 6) is -0.410. The number of hydrogen-bond donors (Lipinski definition) is 2. The minimum atomic E-state index is -1.02. The number of hydrogen-bond acceptors (Lipinski definition) is 4. The first-order chi connectivity index (χ1) is 13.1. The van der Waals surface area contributed by atoms with Crippen LogP contribution in [0.25, 0.3) is 27.7 Å². The molecule has 0 saturated heterocycles. The van der Waals surface area contributed by atoms with Crippen LogP contribution >= 0.6 is 11.8 Å². The molecule has 1 fully saturated rings. The van der Waals surface area contributed by atoms with Crippen molar-refractivity contribution >= 4 is 40.0 Å². The van der Waals surface area contributed by atoms with Crippen LogP contribution < -0.4 is 5.32 Å². The zero-order valence-electron chi connectivity index (χ0n) is 14.4. The Bertz CT molecular complexity index is 1180. The summed E-state index contributed by atoms with van der Waals surface area (Å²) in [6.45, 7) is 0. The number of H-pyrrole nitrogens is 1. The van der Waals surface area contributed by atoms with Crippen LogP contribution in [0.15, 0.2) is 47.8 Å². The SMILES string of the molecule is CSc1c(-c2ccn3nc(NC(=O)[C@@H]4C[C@@H]4F)cc3c2)cnc2[nH]ccc12. The van der Waals surface area contributed by atoms with E-state index in [1.165, 1.54) is 0 Å². The van der Waals surface area contributed by atoms with Gasteiger partial charge >= 0.3 is 0 Å². The molecule has 4 heterocycles. The summed E-state index contributed by atoms with van der Waals surface area (Å²) in [6, 6.07) is 7.79. The van der Waals surface area contributed by atoms with Crippen LogP contribution in [0, 0.1) is 5.92 Å². The minimum absolute atomic E-state index is 0.301. The average molecular weight is 381 g/mol. The zero-order chi connectivity index (χ0) is 18.5. The molecule has 0 bridgehead atoms.